The number of hydrogen-bond donors (Lipinski definition) is 0. The van der Waals surface area contributed by atoms with Crippen molar-refractivity contribution in [3.05, 3.63) is 39.4 Å². The summed E-state index contributed by atoms with van der Waals surface area (Å²) in [5, 5.41) is 11.0. The summed E-state index contributed by atoms with van der Waals surface area (Å²) in [7, 11) is 3.15. The predicted molar refractivity (Wildman–Crippen MR) is 77.8 cm³/mol. The van der Waals surface area contributed by atoms with Crippen molar-refractivity contribution in [2.24, 2.45) is 0 Å². The summed E-state index contributed by atoms with van der Waals surface area (Å²) >= 11 is 0. The van der Waals surface area contributed by atoms with Gasteiger partial charge in [0.1, 0.15) is 0 Å². The maximum atomic E-state index is 12.5. The van der Waals surface area contributed by atoms with Crippen LogP contribution in [-0.4, -0.2) is 66.9 Å². The summed E-state index contributed by atoms with van der Waals surface area (Å²) in [5.41, 5.74) is -0.186. The number of methoxy groups -OCH3 is 1. The van der Waals surface area contributed by atoms with Crippen molar-refractivity contribution in [2.75, 3.05) is 40.3 Å². The van der Waals surface area contributed by atoms with Crippen molar-refractivity contribution in [3.8, 4) is 0 Å². The standard InChI is InChI=1S/C14H17N3O5/c1-15-3-5-16(6-4-15)13(18)10-7-11(14(19)22-2)9-12(8-10)17(20)21/h7-9H,3-6H2,1-2H3. The minimum atomic E-state index is -0.712. The third kappa shape index (κ3) is 3.40. The number of ether oxygens (including phenoxy) is 1. The fourth-order valence-electron chi connectivity index (χ4n) is 2.27. The minimum Gasteiger partial charge on any atom is -0.465 e. The van der Waals surface area contributed by atoms with Crippen LogP contribution in [0.3, 0.4) is 0 Å². The fourth-order valence-corrected chi connectivity index (χ4v) is 2.27. The zero-order valence-electron chi connectivity index (χ0n) is 12.4. The molecule has 8 nitrogen and oxygen atoms in total. The van der Waals surface area contributed by atoms with Gasteiger partial charge in [-0.2, -0.15) is 0 Å². The molecule has 1 aromatic carbocycles. The Balaban J connectivity index is 2.32. The second-order valence-corrected chi connectivity index (χ2v) is 5.11. The molecule has 0 N–H and O–H groups in total. The van der Waals surface area contributed by atoms with Gasteiger partial charge in [-0.15, -0.1) is 0 Å². The van der Waals surface area contributed by atoms with Crippen molar-refractivity contribution in [1.29, 1.82) is 0 Å². The van der Waals surface area contributed by atoms with Crippen LogP contribution >= 0.6 is 0 Å². The molecule has 0 unspecified atom stereocenters. The largest absolute Gasteiger partial charge is 0.465 e. The van der Waals surface area contributed by atoms with Crippen molar-refractivity contribution in [1.82, 2.24) is 9.80 Å². The van der Waals surface area contributed by atoms with Crippen molar-refractivity contribution in [3.63, 3.8) is 0 Å². The third-order valence-electron chi connectivity index (χ3n) is 3.59. The predicted octanol–water partition coefficient (Wildman–Crippen LogP) is 0.769. The van der Waals surface area contributed by atoms with Crippen LogP contribution in [0.5, 0.6) is 0 Å². The first-order valence-electron chi connectivity index (χ1n) is 6.78. The maximum Gasteiger partial charge on any atom is 0.338 e. The maximum absolute atomic E-state index is 12.5. The summed E-state index contributed by atoms with van der Waals surface area (Å²) in [4.78, 5) is 38.2. The third-order valence-corrected chi connectivity index (χ3v) is 3.59. The molecule has 0 atom stereocenters. The highest BCUT2D eigenvalue weighted by Crippen LogP contribution is 2.20. The Hall–Kier alpha value is -2.48. The summed E-state index contributed by atoms with van der Waals surface area (Å²) in [6, 6.07) is 3.62. The van der Waals surface area contributed by atoms with Gasteiger partial charge in [0.05, 0.1) is 17.6 Å². The van der Waals surface area contributed by atoms with E-state index >= 15 is 0 Å². The van der Waals surface area contributed by atoms with Gasteiger partial charge in [0.15, 0.2) is 0 Å². The molecule has 1 fully saturated rings. The summed E-state index contributed by atoms with van der Waals surface area (Å²) in [6.07, 6.45) is 0. The number of likely N-dealkylation sites (N-methyl/N-ethyl adjacent to an activating group) is 1. The molecule has 0 aromatic heterocycles. The van der Waals surface area contributed by atoms with E-state index in [9.17, 15) is 19.7 Å². The van der Waals surface area contributed by atoms with Gasteiger partial charge in [0.25, 0.3) is 11.6 Å². The van der Waals surface area contributed by atoms with E-state index in [4.69, 9.17) is 0 Å². The van der Waals surface area contributed by atoms with Crippen LogP contribution in [0.25, 0.3) is 0 Å². The molecule has 0 bridgehead atoms. The first-order chi connectivity index (χ1) is 10.4. The molecular formula is C14H17N3O5. The molecule has 1 saturated heterocycles. The second-order valence-electron chi connectivity index (χ2n) is 5.11. The van der Waals surface area contributed by atoms with Gasteiger partial charge < -0.3 is 14.5 Å². The number of piperazine rings is 1. The lowest BCUT2D eigenvalue weighted by molar-refractivity contribution is -0.384. The number of benzene rings is 1. The van der Waals surface area contributed by atoms with Crippen LogP contribution in [0.1, 0.15) is 20.7 Å². The van der Waals surface area contributed by atoms with E-state index < -0.39 is 10.9 Å². The summed E-state index contributed by atoms with van der Waals surface area (Å²) in [5.74, 6) is -1.03. The fraction of sp³-hybridized carbons (Fsp3) is 0.429. The normalized spacial score (nSPS) is 15.5. The van der Waals surface area contributed by atoms with Gasteiger partial charge in [-0.05, 0) is 13.1 Å². The Morgan fingerprint density at radius 3 is 2.27 bits per heavy atom. The molecule has 1 amide bonds. The molecule has 0 saturated carbocycles. The Morgan fingerprint density at radius 1 is 1.14 bits per heavy atom. The number of nitro groups is 1. The van der Waals surface area contributed by atoms with Gasteiger partial charge in [0, 0.05) is 43.9 Å². The van der Waals surface area contributed by atoms with E-state index in [-0.39, 0.29) is 22.7 Å². The average Bonchev–Trinajstić information content (AvgIpc) is 2.53. The van der Waals surface area contributed by atoms with Crippen LogP contribution in [0, 0.1) is 10.1 Å². The van der Waals surface area contributed by atoms with Crippen LogP contribution in [-0.2, 0) is 4.74 Å². The quantitative estimate of drug-likeness (QED) is 0.465. The lowest BCUT2D eigenvalue weighted by Gasteiger charge is -2.32. The van der Waals surface area contributed by atoms with Crippen LogP contribution in [0.4, 0.5) is 5.69 Å². The Labute approximate surface area is 127 Å². The highest BCUT2D eigenvalue weighted by atomic mass is 16.6. The molecule has 22 heavy (non-hydrogen) atoms. The van der Waals surface area contributed by atoms with Crippen LogP contribution in [0.2, 0.25) is 0 Å². The molecule has 1 aliphatic rings. The molecular weight excluding hydrogens is 290 g/mol. The number of carbonyl (C=O) groups excluding carboxylic acids is 2. The molecule has 8 heteroatoms. The molecule has 0 radical (unpaired) electrons. The monoisotopic (exact) mass is 307 g/mol. The second kappa shape index (κ2) is 6.52. The van der Waals surface area contributed by atoms with Gasteiger partial charge in [-0.3, -0.25) is 14.9 Å². The highest BCUT2D eigenvalue weighted by Gasteiger charge is 2.24. The van der Waals surface area contributed by atoms with Crippen molar-refractivity contribution >= 4 is 17.6 Å². The van der Waals surface area contributed by atoms with Crippen LogP contribution in [0.15, 0.2) is 18.2 Å². The molecule has 1 aliphatic heterocycles. The number of nitrogens with zero attached hydrogens (tertiary/aromatic N) is 3. The smallest absolute Gasteiger partial charge is 0.338 e. The van der Waals surface area contributed by atoms with Gasteiger partial charge in [0.2, 0.25) is 0 Å². The summed E-state index contributed by atoms with van der Waals surface area (Å²) in [6.45, 7) is 2.58. The van der Waals surface area contributed by atoms with Crippen LogP contribution < -0.4 is 0 Å². The lowest BCUT2D eigenvalue weighted by atomic mass is 10.1. The molecule has 2 rings (SSSR count). The van der Waals surface area contributed by atoms with Crippen molar-refractivity contribution in [2.45, 2.75) is 0 Å². The molecule has 118 valence electrons. The highest BCUT2D eigenvalue weighted by molar-refractivity contribution is 5.99. The molecule has 0 aliphatic carbocycles. The Kier molecular flexibility index (Phi) is 4.71. The first-order valence-corrected chi connectivity index (χ1v) is 6.78. The number of amides is 1. The zero-order valence-corrected chi connectivity index (χ0v) is 12.4. The van der Waals surface area contributed by atoms with Gasteiger partial charge >= 0.3 is 5.97 Å². The molecule has 1 aromatic rings. The topological polar surface area (TPSA) is 93.0 Å². The van der Waals surface area contributed by atoms with E-state index in [0.29, 0.717) is 13.1 Å². The lowest BCUT2D eigenvalue weighted by Crippen LogP contribution is -2.47. The number of hydrogen-bond acceptors (Lipinski definition) is 6. The van der Waals surface area contributed by atoms with E-state index in [2.05, 4.69) is 9.64 Å². The molecule has 0 spiro atoms. The number of carbonyl (C=O) groups is 2. The number of rotatable bonds is 3. The Bertz CT molecular complexity index is 608. The number of non-ortho nitro benzene ring substituents is 1. The van der Waals surface area contributed by atoms with E-state index in [1.807, 2.05) is 7.05 Å². The minimum absolute atomic E-state index is 0.00539. The Morgan fingerprint density at radius 2 is 1.73 bits per heavy atom. The number of nitro benzene ring substituents is 1. The van der Waals surface area contributed by atoms with E-state index in [1.54, 1.807) is 4.90 Å². The number of esters is 1. The first kappa shape index (κ1) is 15.9. The zero-order chi connectivity index (χ0) is 16.3. The average molecular weight is 307 g/mol. The van der Waals surface area contributed by atoms with Gasteiger partial charge in [-0.1, -0.05) is 0 Å². The summed E-state index contributed by atoms with van der Waals surface area (Å²) < 4.78 is 4.57. The SMILES string of the molecule is COC(=O)c1cc(C(=O)N2CCN(C)CC2)cc([N+](=O)[O-])c1. The van der Waals surface area contributed by atoms with E-state index in [0.717, 1.165) is 19.2 Å². The van der Waals surface area contributed by atoms with Crippen molar-refractivity contribution < 1.29 is 19.2 Å². The molecule has 1 heterocycles. The van der Waals surface area contributed by atoms with Gasteiger partial charge in [-0.25, -0.2) is 4.79 Å². The van der Waals surface area contributed by atoms with E-state index in [1.165, 1.54) is 19.2 Å².